The molecule has 8 heteroatoms. The van der Waals surface area contributed by atoms with Gasteiger partial charge in [-0.15, -0.1) is 0 Å². The van der Waals surface area contributed by atoms with Crippen molar-refractivity contribution in [1.82, 2.24) is 5.32 Å². The first-order valence-corrected chi connectivity index (χ1v) is 5.65. The van der Waals surface area contributed by atoms with Gasteiger partial charge in [-0.05, 0) is 0 Å². The van der Waals surface area contributed by atoms with Crippen LogP contribution >= 0.6 is 0 Å². The molecule has 0 aliphatic heterocycles. The van der Waals surface area contributed by atoms with Crippen molar-refractivity contribution in [2.75, 3.05) is 25.2 Å². The predicted molar refractivity (Wildman–Crippen MR) is 44.8 cm³/mol. The zero-order chi connectivity index (χ0) is 11.4. The number of hydrogen-bond acceptors (Lipinski definition) is 4. The number of amides is 1. The number of halogens is 2. The first-order chi connectivity index (χ1) is 6.16. The van der Waals surface area contributed by atoms with E-state index in [1.54, 1.807) is 5.32 Å². The van der Waals surface area contributed by atoms with Crippen LogP contribution in [0, 0.1) is 0 Å². The summed E-state index contributed by atoms with van der Waals surface area (Å²) in [6.45, 7) is -2.47. The Morgan fingerprint density at radius 3 is 2.36 bits per heavy atom. The fourth-order valence-electron chi connectivity index (χ4n) is 0.573. The Morgan fingerprint density at radius 1 is 1.50 bits per heavy atom. The summed E-state index contributed by atoms with van der Waals surface area (Å²) in [5.74, 6) is -5.28. The van der Waals surface area contributed by atoms with Crippen molar-refractivity contribution in [1.29, 1.82) is 0 Å². The third kappa shape index (κ3) is 6.72. The van der Waals surface area contributed by atoms with Gasteiger partial charge in [0, 0.05) is 6.26 Å². The normalized spacial score (nSPS) is 12.6. The number of nitrogens with one attached hydrogen (secondary N) is 1. The lowest BCUT2D eigenvalue weighted by Crippen LogP contribution is -2.41. The van der Waals surface area contributed by atoms with Crippen LogP contribution in [-0.2, 0) is 14.6 Å². The molecule has 14 heavy (non-hydrogen) atoms. The third-order valence-electron chi connectivity index (χ3n) is 1.17. The zero-order valence-electron chi connectivity index (χ0n) is 7.46. The van der Waals surface area contributed by atoms with Crippen LogP contribution in [-0.4, -0.2) is 50.5 Å². The van der Waals surface area contributed by atoms with Gasteiger partial charge >= 0.3 is 0 Å². The van der Waals surface area contributed by atoms with Gasteiger partial charge in [0.1, 0.15) is 12.4 Å². The summed E-state index contributed by atoms with van der Waals surface area (Å²) in [7, 11) is -3.52. The molecule has 0 atom stereocenters. The Labute approximate surface area is 80.0 Å². The Balaban J connectivity index is 3.99. The molecule has 0 unspecified atom stereocenters. The molecule has 0 aromatic carbocycles. The van der Waals surface area contributed by atoms with Crippen LogP contribution < -0.4 is 5.32 Å². The largest absolute Gasteiger partial charge is 0.390 e. The Kier molecular flexibility index (Phi) is 4.40. The summed E-state index contributed by atoms with van der Waals surface area (Å²) >= 11 is 0. The topological polar surface area (TPSA) is 83.5 Å². The van der Waals surface area contributed by atoms with Crippen molar-refractivity contribution >= 4 is 15.7 Å². The van der Waals surface area contributed by atoms with Gasteiger partial charge in [-0.3, -0.25) is 4.79 Å². The molecule has 0 aliphatic rings. The van der Waals surface area contributed by atoms with Gasteiger partial charge in [0.25, 0.3) is 5.92 Å². The monoisotopic (exact) mass is 231 g/mol. The quantitative estimate of drug-likeness (QED) is 0.621. The summed E-state index contributed by atoms with van der Waals surface area (Å²) in [6.07, 6.45) is 0.816. The highest BCUT2D eigenvalue weighted by molar-refractivity contribution is 7.91. The Hall–Kier alpha value is -0.760. The van der Waals surface area contributed by atoms with Crippen LogP contribution in [0.2, 0.25) is 0 Å². The molecule has 0 aliphatic carbocycles. The molecule has 0 radical (unpaired) electrons. The SMILES string of the molecule is CS(=O)(=O)CC(=O)NCC(F)(F)CO. The van der Waals surface area contributed by atoms with Gasteiger partial charge in [-0.1, -0.05) is 0 Å². The van der Waals surface area contributed by atoms with Crippen molar-refractivity contribution in [2.45, 2.75) is 5.92 Å². The predicted octanol–water partition coefficient (Wildman–Crippen LogP) is -1.23. The standard InChI is InChI=1S/C6H11F2NO4S/c1-14(12,13)2-5(11)9-3-6(7,8)4-10/h10H,2-4H2,1H3,(H,9,11). The van der Waals surface area contributed by atoms with Gasteiger partial charge in [0.05, 0.1) is 6.54 Å². The van der Waals surface area contributed by atoms with Crippen LogP contribution in [0.3, 0.4) is 0 Å². The second-order valence-electron chi connectivity index (χ2n) is 2.86. The van der Waals surface area contributed by atoms with E-state index in [0.717, 1.165) is 6.26 Å². The molecule has 0 saturated carbocycles. The minimum absolute atomic E-state index is 0.816. The van der Waals surface area contributed by atoms with E-state index in [2.05, 4.69) is 0 Å². The number of rotatable bonds is 5. The van der Waals surface area contributed by atoms with Crippen molar-refractivity contribution in [3.63, 3.8) is 0 Å². The smallest absolute Gasteiger partial charge is 0.287 e. The van der Waals surface area contributed by atoms with Crippen LogP contribution in [0.15, 0.2) is 0 Å². The maximum Gasteiger partial charge on any atom is 0.287 e. The molecule has 0 fully saturated rings. The van der Waals surface area contributed by atoms with E-state index in [0.29, 0.717) is 0 Å². The minimum atomic E-state index is -3.52. The van der Waals surface area contributed by atoms with E-state index in [1.807, 2.05) is 0 Å². The van der Waals surface area contributed by atoms with E-state index < -0.39 is 40.6 Å². The summed E-state index contributed by atoms with van der Waals surface area (Å²) < 4.78 is 45.7. The lowest BCUT2D eigenvalue weighted by Gasteiger charge is -2.13. The molecule has 0 heterocycles. The van der Waals surface area contributed by atoms with Gasteiger partial charge in [-0.25, -0.2) is 17.2 Å². The molecule has 84 valence electrons. The van der Waals surface area contributed by atoms with Crippen molar-refractivity contribution in [2.24, 2.45) is 0 Å². The first kappa shape index (κ1) is 13.2. The number of alkyl halides is 2. The highest BCUT2D eigenvalue weighted by Gasteiger charge is 2.28. The fraction of sp³-hybridized carbons (Fsp3) is 0.833. The van der Waals surface area contributed by atoms with Crippen molar-refractivity contribution in [3.8, 4) is 0 Å². The van der Waals surface area contributed by atoms with Crippen molar-refractivity contribution in [3.05, 3.63) is 0 Å². The average molecular weight is 231 g/mol. The molecule has 5 nitrogen and oxygen atoms in total. The molecule has 2 N–H and O–H groups in total. The first-order valence-electron chi connectivity index (χ1n) is 3.59. The number of aliphatic hydroxyl groups is 1. The molecule has 0 bridgehead atoms. The molecule has 0 saturated heterocycles. The average Bonchev–Trinajstić information content (AvgIpc) is 1.98. The second-order valence-corrected chi connectivity index (χ2v) is 5.00. The number of aliphatic hydroxyl groups excluding tert-OH is 1. The Morgan fingerprint density at radius 2 is 2.00 bits per heavy atom. The van der Waals surface area contributed by atoms with E-state index in [-0.39, 0.29) is 0 Å². The van der Waals surface area contributed by atoms with Gasteiger partial charge < -0.3 is 10.4 Å². The van der Waals surface area contributed by atoms with E-state index in [1.165, 1.54) is 0 Å². The zero-order valence-corrected chi connectivity index (χ0v) is 8.27. The fourth-order valence-corrected chi connectivity index (χ4v) is 1.15. The van der Waals surface area contributed by atoms with Crippen LogP contribution in [0.1, 0.15) is 0 Å². The summed E-state index contributed by atoms with van der Waals surface area (Å²) in [6, 6.07) is 0. The molecule has 0 rings (SSSR count). The lowest BCUT2D eigenvalue weighted by atomic mass is 10.3. The third-order valence-corrected chi connectivity index (χ3v) is 1.96. The number of hydrogen-bond donors (Lipinski definition) is 2. The maximum absolute atomic E-state index is 12.3. The van der Waals surface area contributed by atoms with Gasteiger partial charge in [-0.2, -0.15) is 0 Å². The summed E-state index contributed by atoms with van der Waals surface area (Å²) in [5.41, 5.74) is 0. The van der Waals surface area contributed by atoms with Crippen LogP contribution in [0.25, 0.3) is 0 Å². The highest BCUT2D eigenvalue weighted by Crippen LogP contribution is 2.09. The van der Waals surface area contributed by atoms with E-state index >= 15 is 0 Å². The Bertz CT molecular complexity index is 301. The number of sulfone groups is 1. The maximum atomic E-state index is 12.3. The molecular formula is C6H11F2NO4S. The molecule has 0 aromatic rings. The van der Waals surface area contributed by atoms with Gasteiger partial charge in [0.15, 0.2) is 9.84 Å². The number of carbonyl (C=O) groups is 1. The lowest BCUT2D eigenvalue weighted by molar-refractivity contribution is -0.121. The summed E-state index contributed by atoms with van der Waals surface area (Å²) in [4.78, 5) is 10.7. The van der Waals surface area contributed by atoms with Crippen LogP contribution in [0.5, 0.6) is 0 Å². The van der Waals surface area contributed by atoms with E-state index in [9.17, 15) is 22.0 Å². The summed E-state index contributed by atoms with van der Waals surface area (Å²) in [5, 5.41) is 9.82. The van der Waals surface area contributed by atoms with Crippen LogP contribution in [0.4, 0.5) is 8.78 Å². The molecule has 0 aromatic heterocycles. The minimum Gasteiger partial charge on any atom is -0.390 e. The highest BCUT2D eigenvalue weighted by atomic mass is 32.2. The van der Waals surface area contributed by atoms with E-state index in [4.69, 9.17) is 5.11 Å². The molecule has 0 spiro atoms. The molecule has 1 amide bonds. The number of carbonyl (C=O) groups excluding carboxylic acids is 1. The van der Waals surface area contributed by atoms with Gasteiger partial charge in [0.2, 0.25) is 5.91 Å². The van der Waals surface area contributed by atoms with Crippen molar-refractivity contribution < 1.29 is 27.1 Å². The second kappa shape index (κ2) is 4.65. The molecular weight excluding hydrogens is 220 g/mol.